The molecule has 0 heterocycles. The second-order valence-corrected chi connectivity index (χ2v) is 4.91. The van der Waals surface area contributed by atoms with Gasteiger partial charge in [-0.15, -0.1) is 0 Å². The Hall–Kier alpha value is -1.11. The van der Waals surface area contributed by atoms with Gasteiger partial charge < -0.3 is 14.9 Å². The smallest absolute Gasteiger partial charge is 0.185 e. The highest BCUT2D eigenvalue weighted by atomic mass is 32.2. The van der Waals surface area contributed by atoms with Crippen LogP contribution in [-0.4, -0.2) is 34.3 Å². The molecule has 0 aliphatic heterocycles. The van der Waals surface area contributed by atoms with Gasteiger partial charge in [-0.05, 0) is 17.7 Å². The summed E-state index contributed by atoms with van der Waals surface area (Å²) in [5.41, 5.74) is 0.241. The summed E-state index contributed by atoms with van der Waals surface area (Å²) in [4.78, 5) is 10.7. The van der Waals surface area contributed by atoms with Crippen molar-refractivity contribution >= 4 is 16.9 Å². The van der Waals surface area contributed by atoms with Crippen LogP contribution in [0, 0.1) is 5.82 Å². The maximum Gasteiger partial charge on any atom is 0.185 e. The summed E-state index contributed by atoms with van der Waals surface area (Å²) in [6.07, 6.45) is -2.37. The number of halogens is 1. The third-order valence-electron chi connectivity index (χ3n) is 2.34. The van der Waals surface area contributed by atoms with E-state index in [1.807, 2.05) is 0 Å². The molecule has 0 spiro atoms. The van der Waals surface area contributed by atoms with Gasteiger partial charge in [0.1, 0.15) is 6.10 Å². The van der Waals surface area contributed by atoms with E-state index in [2.05, 4.69) is 0 Å². The summed E-state index contributed by atoms with van der Waals surface area (Å²) in [7, 11) is 1.34. The van der Waals surface area contributed by atoms with Crippen LogP contribution in [0.4, 0.5) is 4.39 Å². The molecule has 1 aromatic rings. The largest absolute Gasteiger partial charge is 0.494 e. The average Bonchev–Trinajstić information content (AvgIpc) is 2.34. The maximum absolute atomic E-state index is 13.4. The highest BCUT2D eigenvalue weighted by molar-refractivity contribution is 8.13. The van der Waals surface area contributed by atoms with Gasteiger partial charge in [0.25, 0.3) is 0 Å². The number of benzene rings is 1. The van der Waals surface area contributed by atoms with Crippen molar-refractivity contribution in [2.24, 2.45) is 0 Å². The van der Waals surface area contributed by atoms with E-state index in [0.717, 1.165) is 17.8 Å². The Morgan fingerprint density at radius 2 is 2.17 bits per heavy atom. The number of hydrogen-bond acceptors (Lipinski definition) is 5. The van der Waals surface area contributed by atoms with E-state index in [9.17, 15) is 19.4 Å². The predicted molar refractivity (Wildman–Crippen MR) is 67.1 cm³/mol. The molecule has 0 saturated heterocycles. The SMILES string of the molecule is COc1ccc(C(O)C(O)CSC(C)=O)cc1F. The molecule has 6 heteroatoms. The zero-order chi connectivity index (χ0) is 13.7. The molecule has 4 nitrogen and oxygen atoms in total. The number of methoxy groups -OCH3 is 1. The van der Waals surface area contributed by atoms with E-state index < -0.39 is 18.0 Å². The predicted octanol–water partition coefficient (Wildman–Crippen LogP) is 1.51. The Kier molecular flexibility index (Phi) is 5.58. The molecule has 18 heavy (non-hydrogen) atoms. The highest BCUT2D eigenvalue weighted by Gasteiger charge is 2.20. The van der Waals surface area contributed by atoms with Crippen molar-refractivity contribution in [3.8, 4) is 5.75 Å². The van der Waals surface area contributed by atoms with E-state index in [-0.39, 0.29) is 22.2 Å². The number of aliphatic hydroxyl groups excluding tert-OH is 2. The molecule has 2 unspecified atom stereocenters. The highest BCUT2D eigenvalue weighted by Crippen LogP contribution is 2.25. The number of aliphatic hydroxyl groups is 2. The van der Waals surface area contributed by atoms with Crippen molar-refractivity contribution in [1.29, 1.82) is 0 Å². The van der Waals surface area contributed by atoms with Crippen LogP contribution in [0.1, 0.15) is 18.6 Å². The molecule has 1 rings (SSSR count). The van der Waals surface area contributed by atoms with Crippen LogP contribution < -0.4 is 4.74 Å². The zero-order valence-electron chi connectivity index (χ0n) is 10.1. The number of thioether (sulfide) groups is 1. The molecule has 0 saturated carbocycles. The Morgan fingerprint density at radius 3 is 2.67 bits per heavy atom. The van der Waals surface area contributed by atoms with Crippen molar-refractivity contribution in [3.05, 3.63) is 29.6 Å². The lowest BCUT2D eigenvalue weighted by Gasteiger charge is -2.17. The van der Waals surface area contributed by atoms with Crippen molar-refractivity contribution in [3.63, 3.8) is 0 Å². The molecule has 1 aromatic carbocycles. The molecule has 0 amide bonds. The van der Waals surface area contributed by atoms with Crippen LogP contribution in [-0.2, 0) is 4.79 Å². The monoisotopic (exact) mass is 274 g/mol. The third kappa shape index (κ3) is 3.97. The summed E-state index contributed by atoms with van der Waals surface area (Å²) in [5, 5.41) is 19.3. The van der Waals surface area contributed by atoms with Gasteiger partial charge in [-0.25, -0.2) is 4.39 Å². The first-order valence-electron chi connectivity index (χ1n) is 5.28. The lowest BCUT2D eigenvalue weighted by molar-refractivity contribution is -0.109. The lowest BCUT2D eigenvalue weighted by atomic mass is 10.1. The average molecular weight is 274 g/mol. The minimum absolute atomic E-state index is 0.0597. The second kappa shape index (κ2) is 6.72. The molecular weight excluding hydrogens is 259 g/mol. The topological polar surface area (TPSA) is 66.8 Å². The fourth-order valence-corrected chi connectivity index (χ4v) is 1.97. The molecule has 0 aliphatic carbocycles. The van der Waals surface area contributed by atoms with Gasteiger partial charge in [-0.2, -0.15) is 0 Å². The standard InChI is InChI=1S/C12H15FO4S/c1-7(14)18-6-10(15)12(16)8-3-4-11(17-2)9(13)5-8/h3-5,10,12,15-16H,6H2,1-2H3. The second-order valence-electron chi connectivity index (χ2n) is 3.71. The molecule has 100 valence electrons. The van der Waals surface area contributed by atoms with Gasteiger partial charge in [-0.1, -0.05) is 17.8 Å². The first-order valence-corrected chi connectivity index (χ1v) is 6.27. The number of carbonyl (C=O) groups is 1. The molecule has 2 atom stereocenters. The van der Waals surface area contributed by atoms with Gasteiger partial charge in [0.2, 0.25) is 0 Å². The Labute approximate surface area is 109 Å². The summed E-state index contributed by atoms with van der Waals surface area (Å²) < 4.78 is 18.2. The van der Waals surface area contributed by atoms with Crippen LogP contribution >= 0.6 is 11.8 Å². The fourth-order valence-electron chi connectivity index (χ4n) is 1.38. The Morgan fingerprint density at radius 1 is 1.50 bits per heavy atom. The number of ether oxygens (including phenoxy) is 1. The van der Waals surface area contributed by atoms with Crippen LogP contribution in [0.5, 0.6) is 5.75 Å². The van der Waals surface area contributed by atoms with E-state index in [1.165, 1.54) is 26.2 Å². The van der Waals surface area contributed by atoms with Crippen LogP contribution in [0.25, 0.3) is 0 Å². The lowest BCUT2D eigenvalue weighted by Crippen LogP contribution is -2.21. The van der Waals surface area contributed by atoms with Gasteiger partial charge in [-0.3, -0.25) is 4.79 Å². The van der Waals surface area contributed by atoms with E-state index >= 15 is 0 Å². The molecule has 0 fully saturated rings. The van der Waals surface area contributed by atoms with Crippen LogP contribution in [0.3, 0.4) is 0 Å². The van der Waals surface area contributed by atoms with Gasteiger partial charge in [0, 0.05) is 12.7 Å². The molecule has 0 aliphatic rings. The van der Waals surface area contributed by atoms with E-state index in [0.29, 0.717) is 0 Å². The number of hydrogen-bond donors (Lipinski definition) is 2. The molecule has 0 radical (unpaired) electrons. The minimum atomic E-state index is -1.24. The van der Waals surface area contributed by atoms with Crippen molar-refractivity contribution in [2.45, 2.75) is 19.1 Å². The molecular formula is C12H15FO4S. The molecule has 0 bridgehead atoms. The Bertz CT molecular complexity index is 425. The van der Waals surface area contributed by atoms with E-state index in [1.54, 1.807) is 0 Å². The van der Waals surface area contributed by atoms with Gasteiger partial charge in [0.15, 0.2) is 16.7 Å². The first-order chi connectivity index (χ1) is 8.45. The normalized spacial score (nSPS) is 14.1. The molecule has 0 aromatic heterocycles. The van der Waals surface area contributed by atoms with Crippen molar-refractivity contribution in [1.82, 2.24) is 0 Å². The van der Waals surface area contributed by atoms with Crippen LogP contribution in [0.2, 0.25) is 0 Å². The first kappa shape index (κ1) is 14.9. The summed E-state index contributed by atoms with van der Waals surface area (Å²) >= 11 is 0.907. The van der Waals surface area contributed by atoms with Gasteiger partial charge >= 0.3 is 0 Å². The summed E-state index contributed by atoms with van der Waals surface area (Å²) in [5.74, 6) is -0.483. The quantitative estimate of drug-likeness (QED) is 0.852. The number of carbonyl (C=O) groups excluding carboxylic acids is 1. The number of rotatable bonds is 5. The minimum Gasteiger partial charge on any atom is -0.494 e. The van der Waals surface area contributed by atoms with Crippen molar-refractivity contribution < 1.29 is 24.1 Å². The van der Waals surface area contributed by atoms with Crippen LogP contribution in [0.15, 0.2) is 18.2 Å². The fraction of sp³-hybridized carbons (Fsp3) is 0.417. The summed E-state index contributed by atoms with van der Waals surface area (Å²) in [6.45, 7) is 1.37. The summed E-state index contributed by atoms with van der Waals surface area (Å²) in [6, 6.07) is 3.94. The Balaban J connectivity index is 2.74. The zero-order valence-corrected chi connectivity index (χ0v) is 10.9. The molecule has 2 N–H and O–H groups in total. The van der Waals surface area contributed by atoms with E-state index in [4.69, 9.17) is 4.74 Å². The third-order valence-corrected chi connectivity index (χ3v) is 3.25. The van der Waals surface area contributed by atoms with Crippen molar-refractivity contribution in [2.75, 3.05) is 12.9 Å². The van der Waals surface area contributed by atoms with Gasteiger partial charge in [0.05, 0.1) is 13.2 Å². The maximum atomic E-state index is 13.4.